The molecule has 1 N–H and O–H groups in total. The number of anilines is 1. The largest absolute Gasteiger partial charge is 0.272 e. The summed E-state index contributed by atoms with van der Waals surface area (Å²) in [6.07, 6.45) is 1.30. The summed E-state index contributed by atoms with van der Waals surface area (Å²) in [5, 5.41) is 3.72. The second-order valence-corrected chi connectivity index (χ2v) is 6.97. The Bertz CT molecular complexity index is 1050. The van der Waals surface area contributed by atoms with Gasteiger partial charge in [-0.3, -0.25) is 5.43 Å². The van der Waals surface area contributed by atoms with Gasteiger partial charge in [0, 0.05) is 11.5 Å². The van der Waals surface area contributed by atoms with Crippen molar-refractivity contribution < 1.29 is 22.0 Å². The van der Waals surface area contributed by atoms with Crippen LogP contribution >= 0.6 is 0 Å². The smallest absolute Gasteiger partial charge is 0.200 e. The van der Waals surface area contributed by atoms with E-state index in [2.05, 4.69) is 25.9 Å². The highest BCUT2D eigenvalue weighted by Crippen LogP contribution is 2.43. The molecule has 0 saturated carbocycles. The van der Waals surface area contributed by atoms with Crippen molar-refractivity contribution in [3.8, 4) is 0 Å². The highest BCUT2D eigenvalue weighted by Gasteiger charge is 2.27. The van der Waals surface area contributed by atoms with Gasteiger partial charge in [0.15, 0.2) is 23.3 Å². The Kier molecular flexibility index (Phi) is 5.59. The van der Waals surface area contributed by atoms with Gasteiger partial charge in [-0.1, -0.05) is 36.8 Å². The molecule has 0 amide bonds. The molecule has 0 radical (unpaired) electrons. The van der Waals surface area contributed by atoms with E-state index in [0.29, 0.717) is 5.56 Å². The van der Waals surface area contributed by atoms with Crippen molar-refractivity contribution in [2.75, 3.05) is 5.43 Å². The monoisotopic (exact) mass is 406 g/mol. The van der Waals surface area contributed by atoms with Gasteiger partial charge >= 0.3 is 0 Å². The maximum Gasteiger partial charge on any atom is 0.200 e. The van der Waals surface area contributed by atoms with Crippen molar-refractivity contribution in [3.05, 3.63) is 81.2 Å². The van der Waals surface area contributed by atoms with Gasteiger partial charge in [0.1, 0.15) is 5.69 Å². The first-order valence-corrected chi connectivity index (χ1v) is 8.95. The second-order valence-electron chi connectivity index (χ2n) is 6.97. The van der Waals surface area contributed by atoms with Gasteiger partial charge < -0.3 is 0 Å². The number of rotatable bonds is 4. The molecule has 2 aromatic rings. The molecule has 0 aliphatic heterocycles. The van der Waals surface area contributed by atoms with E-state index in [0.717, 1.165) is 16.7 Å². The van der Waals surface area contributed by atoms with Crippen LogP contribution in [-0.2, 0) is 0 Å². The van der Waals surface area contributed by atoms with E-state index in [4.69, 9.17) is 0 Å². The molecule has 3 rings (SSSR count). The van der Waals surface area contributed by atoms with Crippen LogP contribution in [-0.4, -0.2) is 6.21 Å². The number of halogens is 5. The van der Waals surface area contributed by atoms with E-state index in [1.807, 2.05) is 24.5 Å². The molecule has 1 atom stereocenters. The summed E-state index contributed by atoms with van der Waals surface area (Å²) >= 11 is 0. The van der Waals surface area contributed by atoms with Gasteiger partial charge in [0.25, 0.3) is 0 Å². The van der Waals surface area contributed by atoms with Gasteiger partial charge in [-0.05, 0) is 43.1 Å². The van der Waals surface area contributed by atoms with Gasteiger partial charge in [0.2, 0.25) is 5.82 Å². The Hall–Kier alpha value is -2.96. The molecule has 1 aliphatic rings. The van der Waals surface area contributed by atoms with Crippen LogP contribution < -0.4 is 5.43 Å². The predicted molar refractivity (Wildman–Crippen MR) is 104 cm³/mol. The number of hydrogen-bond acceptors (Lipinski definition) is 2. The van der Waals surface area contributed by atoms with Crippen molar-refractivity contribution in [2.24, 2.45) is 11.0 Å². The highest BCUT2D eigenvalue weighted by atomic mass is 19.2. The number of allylic oxidation sites excluding steroid dienone is 4. The van der Waals surface area contributed by atoms with Gasteiger partial charge in [0.05, 0.1) is 6.21 Å². The Morgan fingerprint density at radius 2 is 1.38 bits per heavy atom. The third-order valence-electron chi connectivity index (χ3n) is 5.48. The van der Waals surface area contributed by atoms with Crippen LogP contribution in [0.4, 0.5) is 27.6 Å². The maximum atomic E-state index is 13.8. The molecule has 0 bridgehead atoms. The van der Waals surface area contributed by atoms with Crippen molar-refractivity contribution in [1.82, 2.24) is 0 Å². The van der Waals surface area contributed by atoms with E-state index in [-0.39, 0.29) is 5.92 Å². The molecule has 7 heteroatoms. The second kappa shape index (κ2) is 7.81. The van der Waals surface area contributed by atoms with Crippen LogP contribution in [0.25, 0.3) is 5.57 Å². The lowest BCUT2D eigenvalue weighted by atomic mass is 9.89. The molecule has 2 aromatic carbocycles. The summed E-state index contributed by atoms with van der Waals surface area (Å²) < 4.78 is 67.3. The minimum atomic E-state index is -2.21. The molecule has 29 heavy (non-hydrogen) atoms. The number of nitrogens with zero attached hydrogens (tertiary/aromatic N) is 1. The quantitative estimate of drug-likeness (QED) is 0.200. The zero-order chi connectivity index (χ0) is 21.5. The molecule has 1 aliphatic carbocycles. The minimum Gasteiger partial charge on any atom is -0.272 e. The summed E-state index contributed by atoms with van der Waals surface area (Å²) in [7, 11) is 0. The highest BCUT2D eigenvalue weighted by molar-refractivity contribution is 5.92. The number of hydrazone groups is 1. The van der Waals surface area contributed by atoms with Crippen LogP contribution in [0.5, 0.6) is 0 Å². The van der Waals surface area contributed by atoms with E-state index >= 15 is 0 Å². The van der Waals surface area contributed by atoms with Gasteiger partial charge in [-0.25, -0.2) is 22.0 Å². The first kappa shape index (κ1) is 20.8. The molecular weight excluding hydrogens is 387 g/mol. The first-order valence-electron chi connectivity index (χ1n) is 8.95. The van der Waals surface area contributed by atoms with Crippen molar-refractivity contribution in [2.45, 2.75) is 27.7 Å². The summed E-state index contributed by atoms with van der Waals surface area (Å²) in [5.74, 6) is -10.0. The average Bonchev–Trinajstić information content (AvgIpc) is 2.90. The summed E-state index contributed by atoms with van der Waals surface area (Å²) in [6, 6.07) is 7.29. The maximum absolute atomic E-state index is 13.8. The van der Waals surface area contributed by atoms with Crippen LogP contribution in [0, 0.1) is 35.0 Å². The molecule has 0 aromatic heterocycles. The van der Waals surface area contributed by atoms with Crippen LogP contribution in [0.2, 0.25) is 0 Å². The van der Waals surface area contributed by atoms with E-state index in [9.17, 15) is 22.0 Å². The van der Waals surface area contributed by atoms with Gasteiger partial charge in [-0.2, -0.15) is 5.10 Å². The molecule has 2 nitrogen and oxygen atoms in total. The zero-order valence-electron chi connectivity index (χ0n) is 16.3. The minimum absolute atomic E-state index is 0.188. The molecule has 152 valence electrons. The lowest BCUT2D eigenvalue weighted by Gasteiger charge is -2.15. The Morgan fingerprint density at radius 1 is 0.828 bits per heavy atom. The molecule has 0 fully saturated rings. The van der Waals surface area contributed by atoms with Crippen molar-refractivity contribution >= 4 is 17.5 Å². The summed E-state index contributed by atoms with van der Waals surface area (Å²) in [6.45, 7) is 8.23. The SMILES string of the molecule is CC1=C(C)C(C)C(c2ccccc2C=NNc2c(F)c(F)c(F)c(F)c2F)=C1C. The predicted octanol–water partition coefficient (Wildman–Crippen LogP) is 6.59. The lowest BCUT2D eigenvalue weighted by Crippen LogP contribution is -2.07. The van der Waals surface area contributed by atoms with E-state index in [1.165, 1.54) is 17.4 Å². The summed E-state index contributed by atoms with van der Waals surface area (Å²) in [4.78, 5) is 0. The van der Waals surface area contributed by atoms with Crippen LogP contribution in [0.15, 0.2) is 46.1 Å². The van der Waals surface area contributed by atoms with Crippen LogP contribution in [0.1, 0.15) is 38.8 Å². The standard InChI is InChI=1S/C22H19F5N2/c1-10-11(2)13(4)16(12(10)3)15-8-6-5-7-14(15)9-28-29-22-20(26)18(24)17(23)19(25)21(22)27/h5-9,12,29H,1-4H3. The third-order valence-corrected chi connectivity index (χ3v) is 5.48. The fourth-order valence-corrected chi connectivity index (χ4v) is 3.52. The van der Waals surface area contributed by atoms with Crippen LogP contribution in [0.3, 0.4) is 0 Å². The zero-order valence-corrected chi connectivity index (χ0v) is 16.3. The molecule has 0 heterocycles. The van der Waals surface area contributed by atoms with Crippen molar-refractivity contribution in [1.29, 1.82) is 0 Å². The fraction of sp³-hybridized carbons (Fsp3) is 0.227. The number of benzene rings is 2. The first-order chi connectivity index (χ1) is 13.7. The Balaban J connectivity index is 1.96. The van der Waals surface area contributed by atoms with E-state index < -0.39 is 34.8 Å². The average molecular weight is 406 g/mol. The topological polar surface area (TPSA) is 24.4 Å². The summed E-state index contributed by atoms with van der Waals surface area (Å²) in [5.41, 5.74) is 6.99. The molecular formula is C22H19F5N2. The number of hydrogen-bond donors (Lipinski definition) is 1. The molecule has 0 spiro atoms. The Morgan fingerprint density at radius 3 is 1.93 bits per heavy atom. The van der Waals surface area contributed by atoms with Gasteiger partial charge in [-0.15, -0.1) is 0 Å². The fourth-order valence-electron chi connectivity index (χ4n) is 3.52. The number of nitrogens with one attached hydrogen (secondary N) is 1. The Labute approximate surface area is 165 Å². The molecule has 0 saturated heterocycles. The molecule has 1 unspecified atom stereocenters. The van der Waals surface area contributed by atoms with Crippen molar-refractivity contribution in [3.63, 3.8) is 0 Å². The normalized spacial score (nSPS) is 17.1. The third kappa shape index (κ3) is 3.45. The lowest BCUT2D eigenvalue weighted by molar-refractivity contribution is 0.381. The van der Waals surface area contributed by atoms with E-state index in [1.54, 1.807) is 12.1 Å².